The van der Waals surface area contributed by atoms with Crippen molar-refractivity contribution in [3.63, 3.8) is 0 Å². The number of hydrogen-bond donors (Lipinski definition) is 1. The second-order valence-electron chi connectivity index (χ2n) is 6.00. The second-order valence-corrected chi connectivity index (χ2v) is 8.75. The van der Waals surface area contributed by atoms with Crippen LogP contribution in [0.15, 0.2) is 23.1 Å². The molecule has 1 N–H and O–H groups in total. The number of carbonyl (C=O) groups excluding carboxylic acids is 1. The number of carbonyl (C=O) groups is 1. The van der Waals surface area contributed by atoms with Crippen molar-refractivity contribution >= 4 is 39.1 Å². The van der Waals surface area contributed by atoms with Crippen molar-refractivity contribution in [1.82, 2.24) is 14.5 Å². The summed E-state index contributed by atoms with van der Waals surface area (Å²) in [6.45, 7) is 2.38. The Balaban J connectivity index is 1.82. The first kappa shape index (κ1) is 17.9. The highest BCUT2D eigenvalue weighted by molar-refractivity contribution is 7.89. The van der Waals surface area contributed by atoms with Gasteiger partial charge in [0.05, 0.1) is 11.6 Å². The zero-order chi connectivity index (χ0) is 17.3. The van der Waals surface area contributed by atoms with Crippen molar-refractivity contribution < 1.29 is 13.2 Å². The van der Waals surface area contributed by atoms with Gasteiger partial charge in [-0.15, -0.1) is 0 Å². The number of piperidine rings is 1. The van der Waals surface area contributed by atoms with E-state index in [0.717, 1.165) is 13.0 Å². The van der Waals surface area contributed by atoms with Crippen molar-refractivity contribution in [1.29, 1.82) is 0 Å². The highest BCUT2D eigenvalue weighted by atomic mass is 35.5. The summed E-state index contributed by atoms with van der Waals surface area (Å²) in [5.74, 6) is 0.0232. The van der Waals surface area contributed by atoms with Crippen LogP contribution in [0.5, 0.6) is 0 Å². The highest BCUT2D eigenvalue weighted by Crippen LogP contribution is 2.30. The van der Waals surface area contributed by atoms with Crippen LogP contribution in [0, 0.1) is 0 Å². The summed E-state index contributed by atoms with van der Waals surface area (Å²) in [7, 11) is -3.71. The van der Waals surface area contributed by atoms with Crippen LogP contribution in [0.2, 0.25) is 10.0 Å². The molecule has 1 unspecified atom stereocenters. The number of halogens is 2. The molecule has 6 nitrogen and oxygen atoms in total. The van der Waals surface area contributed by atoms with Gasteiger partial charge in [-0.25, -0.2) is 8.42 Å². The van der Waals surface area contributed by atoms with Gasteiger partial charge in [0.15, 0.2) is 0 Å². The molecule has 0 aromatic heterocycles. The molecular weight excluding hydrogens is 373 g/mol. The van der Waals surface area contributed by atoms with E-state index in [2.05, 4.69) is 5.32 Å². The summed E-state index contributed by atoms with van der Waals surface area (Å²) in [5, 5.41) is 3.54. The molecule has 3 rings (SSSR count). The predicted molar refractivity (Wildman–Crippen MR) is 92.8 cm³/mol. The number of rotatable bonds is 3. The largest absolute Gasteiger partial charge is 0.336 e. The van der Waals surface area contributed by atoms with Gasteiger partial charge >= 0.3 is 0 Å². The number of piperazine rings is 1. The molecule has 1 amide bonds. The zero-order valence-electron chi connectivity index (χ0n) is 13.0. The normalized spacial score (nSPS) is 23.5. The molecule has 0 aliphatic carbocycles. The minimum absolute atomic E-state index is 0.0232. The van der Waals surface area contributed by atoms with Crippen LogP contribution in [0.1, 0.15) is 12.8 Å². The van der Waals surface area contributed by atoms with Crippen LogP contribution < -0.4 is 5.32 Å². The van der Waals surface area contributed by atoms with Gasteiger partial charge in [0, 0.05) is 37.2 Å². The minimum atomic E-state index is -3.71. The summed E-state index contributed by atoms with van der Waals surface area (Å²) < 4.78 is 27.2. The van der Waals surface area contributed by atoms with Crippen molar-refractivity contribution in [2.24, 2.45) is 0 Å². The third-order valence-corrected chi connectivity index (χ3v) is 7.02. The van der Waals surface area contributed by atoms with Crippen LogP contribution in [0.4, 0.5) is 0 Å². The van der Waals surface area contributed by atoms with Crippen LogP contribution in [-0.2, 0) is 14.8 Å². The third kappa shape index (κ3) is 3.55. The van der Waals surface area contributed by atoms with Crippen molar-refractivity contribution in [3.05, 3.63) is 28.2 Å². The van der Waals surface area contributed by atoms with Crippen molar-refractivity contribution in [2.45, 2.75) is 23.8 Å². The lowest BCUT2D eigenvalue weighted by Gasteiger charge is -2.40. The lowest BCUT2D eigenvalue weighted by molar-refractivity contribution is -0.135. The fraction of sp³-hybridized carbons (Fsp3) is 0.533. The zero-order valence-corrected chi connectivity index (χ0v) is 15.4. The minimum Gasteiger partial charge on any atom is -0.336 e. The van der Waals surface area contributed by atoms with Crippen molar-refractivity contribution in [3.8, 4) is 0 Å². The molecule has 1 atom stereocenters. The quantitative estimate of drug-likeness (QED) is 0.848. The maximum atomic E-state index is 12.9. The maximum absolute atomic E-state index is 12.9. The third-order valence-electron chi connectivity index (χ3n) is 4.44. The Morgan fingerprint density at radius 3 is 2.71 bits per heavy atom. The van der Waals surface area contributed by atoms with Gasteiger partial charge < -0.3 is 10.2 Å². The summed E-state index contributed by atoms with van der Waals surface area (Å²) in [6, 6.07) is 4.28. The lowest BCUT2D eigenvalue weighted by atomic mass is 10.1. The molecule has 0 radical (unpaired) electrons. The van der Waals surface area contributed by atoms with E-state index in [1.807, 2.05) is 0 Å². The number of benzene rings is 1. The molecule has 2 aliphatic rings. The molecule has 2 saturated heterocycles. The van der Waals surface area contributed by atoms with E-state index in [-0.39, 0.29) is 21.9 Å². The average molecular weight is 392 g/mol. The van der Waals surface area contributed by atoms with Crippen LogP contribution in [0.3, 0.4) is 0 Å². The van der Waals surface area contributed by atoms with Crippen LogP contribution in [-0.4, -0.2) is 62.3 Å². The van der Waals surface area contributed by atoms with Crippen molar-refractivity contribution in [2.75, 3.05) is 32.7 Å². The Bertz CT molecular complexity index is 741. The maximum Gasteiger partial charge on any atom is 0.244 e. The fourth-order valence-corrected chi connectivity index (χ4v) is 5.49. The van der Waals surface area contributed by atoms with Gasteiger partial charge in [-0.05, 0) is 31.0 Å². The number of nitrogens with one attached hydrogen (secondary N) is 1. The summed E-state index contributed by atoms with van der Waals surface area (Å²) in [6.07, 6.45) is 1.53. The Kier molecular flexibility index (Phi) is 5.36. The standard InChI is InChI=1S/C15H19Cl2N3O3S/c16-11-3-4-14(13(17)8-11)24(22,23)19-6-1-2-12(10-19)20-7-5-18-9-15(20)21/h3-4,8,12,18H,1-2,5-7,9-10H2. The Morgan fingerprint density at radius 2 is 2.00 bits per heavy atom. The van der Waals surface area contributed by atoms with Crippen LogP contribution >= 0.6 is 23.2 Å². The molecule has 0 spiro atoms. The Labute approximate surface area is 151 Å². The summed E-state index contributed by atoms with van der Waals surface area (Å²) >= 11 is 11.9. The molecule has 1 aromatic rings. The van der Waals surface area contributed by atoms with Gasteiger partial charge in [0.2, 0.25) is 15.9 Å². The van der Waals surface area contributed by atoms with E-state index in [0.29, 0.717) is 37.6 Å². The van der Waals surface area contributed by atoms with Gasteiger partial charge in [0.25, 0.3) is 0 Å². The van der Waals surface area contributed by atoms with Gasteiger partial charge in [0.1, 0.15) is 4.90 Å². The molecule has 2 aliphatic heterocycles. The number of nitrogens with zero attached hydrogens (tertiary/aromatic N) is 2. The number of amides is 1. The highest BCUT2D eigenvalue weighted by Gasteiger charge is 2.35. The topological polar surface area (TPSA) is 69.7 Å². The molecule has 1 aromatic carbocycles. The molecule has 24 heavy (non-hydrogen) atoms. The van der Waals surface area contributed by atoms with Gasteiger partial charge in [-0.2, -0.15) is 4.31 Å². The first-order valence-corrected chi connectivity index (χ1v) is 10.0. The van der Waals surface area contributed by atoms with Crippen LogP contribution in [0.25, 0.3) is 0 Å². The first-order valence-electron chi connectivity index (χ1n) is 7.85. The van der Waals surface area contributed by atoms with Gasteiger partial charge in [-0.1, -0.05) is 23.2 Å². The smallest absolute Gasteiger partial charge is 0.244 e. The Hall–Kier alpha value is -0.860. The molecule has 0 bridgehead atoms. The van der Waals surface area contributed by atoms with Gasteiger partial charge in [-0.3, -0.25) is 4.79 Å². The first-order chi connectivity index (χ1) is 11.4. The summed E-state index contributed by atoms with van der Waals surface area (Å²) in [4.78, 5) is 13.9. The number of hydrogen-bond acceptors (Lipinski definition) is 4. The monoisotopic (exact) mass is 391 g/mol. The molecule has 132 valence electrons. The van der Waals surface area contributed by atoms with E-state index in [1.165, 1.54) is 22.5 Å². The molecule has 9 heteroatoms. The molecular formula is C15H19Cl2N3O3S. The molecule has 0 saturated carbocycles. The summed E-state index contributed by atoms with van der Waals surface area (Å²) in [5.41, 5.74) is 0. The van der Waals surface area contributed by atoms with E-state index in [1.54, 1.807) is 4.90 Å². The lowest BCUT2D eigenvalue weighted by Crippen LogP contribution is -2.57. The Morgan fingerprint density at radius 1 is 1.21 bits per heavy atom. The fourth-order valence-electron chi connectivity index (χ4n) is 3.22. The van der Waals surface area contributed by atoms with E-state index >= 15 is 0 Å². The average Bonchev–Trinajstić information content (AvgIpc) is 2.55. The predicted octanol–water partition coefficient (Wildman–Crippen LogP) is 1.58. The second kappa shape index (κ2) is 7.17. The number of sulfonamides is 1. The van der Waals surface area contributed by atoms with E-state index in [4.69, 9.17) is 23.2 Å². The SMILES string of the molecule is O=C1CNCCN1C1CCCN(S(=O)(=O)c2ccc(Cl)cc2Cl)C1. The molecule has 2 heterocycles. The van der Waals surface area contributed by atoms with E-state index in [9.17, 15) is 13.2 Å². The van der Waals surface area contributed by atoms with E-state index < -0.39 is 10.0 Å². The molecule has 2 fully saturated rings.